The largest absolute Gasteiger partial charge is 0.255 e. The molecule has 0 spiro atoms. The third kappa shape index (κ3) is 3.56. The molecular formula is C17H16N4S. The average molecular weight is 308 g/mol. The van der Waals surface area contributed by atoms with Crippen molar-refractivity contribution >= 4 is 17.6 Å². The third-order valence-electron chi connectivity index (χ3n) is 3.08. The van der Waals surface area contributed by atoms with E-state index in [0.29, 0.717) is 6.54 Å². The molecule has 0 aliphatic carbocycles. The molecule has 0 bridgehead atoms. The maximum absolute atomic E-state index is 4.66. The Morgan fingerprint density at radius 3 is 2.73 bits per heavy atom. The summed E-state index contributed by atoms with van der Waals surface area (Å²) in [6.45, 7) is 2.67. The minimum absolute atomic E-state index is 0.653. The lowest BCUT2D eigenvalue weighted by atomic mass is 10.2. The van der Waals surface area contributed by atoms with Gasteiger partial charge < -0.3 is 0 Å². The van der Waals surface area contributed by atoms with E-state index in [1.807, 2.05) is 48.0 Å². The fourth-order valence-electron chi connectivity index (χ4n) is 1.94. The number of aromatic nitrogens is 2. The third-order valence-corrected chi connectivity index (χ3v) is 4.05. The molecule has 22 heavy (non-hydrogen) atoms. The summed E-state index contributed by atoms with van der Waals surface area (Å²) in [7, 11) is 0. The standard InChI is InChI=1S/C17H16N4S/c1-14-13-22-17(19-11-15-7-3-2-4-8-15)21(14)20-12-16-9-5-6-10-18-16/h2-10,12-13H,11H2,1H3. The molecule has 4 nitrogen and oxygen atoms in total. The Kier molecular flexibility index (Phi) is 4.56. The Morgan fingerprint density at radius 2 is 1.95 bits per heavy atom. The lowest BCUT2D eigenvalue weighted by Gasteiger charge is -1.98. The summed E-state index contributed by atoms with van der Waals surface area (Å²) in [5.74, 6) is 0. The molecule has 0 saturated carbocycles. The fraction of sp³-hybridized carbons (Fsp3) is 0.118. The molecule has 0 unspecified atom stereocenters. The van der Waals surface area contributed by atoms with Crippen molar-refractivity contribution in [2.45, 2.75) is 13.5 Å². The first-order chi connectivity index (χ1) is 10.8. The molecule has 0 atom stereocenters. The summed E-state index contributed by atoms with van der Waals surface area (Å²) in [4.78, 5) is 9.78. The van der Waals surface area contributed by atoms with E-state index in [2.05, 4.69) is 32.6 Å². The van der Waals surface area contributed by atoms with E-state index in [-0.39, 0.29) is 0 Å². The van der Waals surface area contributed by atoms with Gasteiger partial charge in [-0.15, -0.1) is 11.3 Å². The van der Waals surface area contributed by atoms with Gasteiger partial charge in [-0.05, 0) is 24.6 Å². The molecule has 0 fully saturated rings. The number of thiazole rings is 1. The van der Waals surface area contributed by atoms with Crippen LogP contribution in [-0.2, 0) is 6.54 Å². The number of aryl methyl sites for hydroxylation is 1. The van der Waals surface area contributed by atoms with Crippen LogP contribution in [0.15, 0.2) is 70.2 Å². The van der Waals surface area contributed by atoms with Gasteiger partial charge in [-0.2, -0.15) is 5.10 Å². The Bertz CT molecular complexity index is 817. The highest BCUT2D eigenvalue weighted by atomic mass is 32.1. The molecule has 2 aromatic heterocycles. The van der Waals surface area contributed by atoms with Crippen molar-refractivity contribution < 1.29 is 0 Å². The molecule has 0 aliphatic heterocycles. The smallest absolute Gasteiger partial charge is 0.206 e. The molecule has 0 saturated heterocycles. The van der Waals surface area contributed by atoms with Gasteiger partial charge in [-0.25, -0.2) is 4.68 Å². The molecule has 0 amide bonds. The summed E-state index contributed by atoms with van der Waals surface area (Å²) in [5.41, 5.74) is 3.08. The van der Waals surface area contributed by atoms with Crippen molar-refractivity contribution in [3.05, 3.63) is 81.9 Å². The molecule has 0 N–H and O–H groups in total. The van der Waals surface area contributed by atoms with Crippen LogP contribution < -0.4 is 4.80 Å². The first-order valence-electron chi connectivity index (χ1n) is 7.00. The Labute approximate surface area is 133 Å². The van der Waals surface area contributed by atoms with Crippen LogP contribution in [0, 0.1) is 6.92 Å². The highest BCUT2D eigenvalue weighted by Crippen LogP contribution is 2.03. The van der Waals surface area contributed by atoms with Crippen LogP contribution in [0.4, 0.5) is 0 Å². The quantitative estimate of drug-likeness (QED) is 0.682. The number of pyridine rings is 1. The van der Waals surface area contributed by atoms with Crippen molar-refractivity contribution in [1.29, 1.82) is 0 Å². The first-order valence-corrected chi connectivity index (χ1v) is 7.88. The molecule has 3 aromatic rings. The maximum Gasteiger partial charge on any atom is 0.206 e. The van der Waals surface area contributed by atoms with E-state index in [4.69, 9.17) is 0 Å². The zero-order valence-electron chi connectivity index (χ0n) is 12.3. The van der Waals surface area contributed by atoms with Crippen LogP contribution in [0.2, 0.25) is 0 Å². The van der Waals surface area contributed by atoms with E-state index in [1.165, 1.54) is 5.56 Å². The lowest BCUT2D eigenvalue weighted by molar-refractivity contribution is 0.787. The number of hydrogen-bond acceptors (Lipinski definition) is 4. The van der Waals surface area contributed by atoms with Crippen LogP contribution >= 0.6 is 11.3 Å². The predicted molar refractivity (Wildman–Crippen MR) is 90.0 cm³/mol. The summed E-state index contributed by atoms with van der Waals surface area (Å²) in [6, 6.07) is 16.0. The van der Waals surface area contributed by atoms with E-state index in [9.17, 15) is 0 Å². The minimum Gasteiger partial charge on any atom is -0.255 e. The summed E-state index contributed by atoms with van der Waals surface area (Å²) in [6.07, 6.45) is 3.51. The Hall–Kier alpha value is -2.53. The van der Waals surface area contributed by atoms with Crippen LogP contribution in [0.25, 0.3) is 0 Å². The van der Waals surface area contributed by atoms with Gasteiger partial charge in [-0.1, -0.05) is 36.4 Å². The molecule has 1 aromatic carbocycles. The molecule has 110 valence electrons. The van der Waals surface area contributed by atoms with Gasteiger partial charge >= 0.3 is 0 Å². The zero-order valence-corrected chi connectivity index (χ0v) is 13.1. The van der Waals surface area contributed by atoms with Crippen LogP contribution in [0.5, 0.6) is 0 Å². The molecule has 0 aliphatic rings. The fourth-order valence-corrected chi connectivity index (χ4v) is 2.75. The van der Waals surface area contributed by atoms with Crippen LogP contribution in [0.3, 0.4) is 0 Å². The van der Waals surface area contributed by atoms with E-state index < -0.39 is 0 Å². The molecular weight excluding hydrogens is 292 g/mol. The van der Waals surface area contributed by atoms with Crippen molar-refractivity contribution in [2.24, 2.45) is 10.1 Å². The van der Waals surface area contributed by atoms with Crippen molar-refractivity contribution in [3.8, 4) is 0 Å². The van der Waals surface area contributed by atoms with Gasteiger partial charge in [0.15, 0.2) is 0 Å². The van der Waals surface area contributed by atoms with Crippen molar-refractivity contribution in [2.75, 3.05) is 0 Å². The first kappa shape index (κ1) is 14.4. The van der Waals surface area contributed by atoms with Gasteiger partial charge in [0.2, 0.25) is 4.80 Å². The highest BCUT2D eigenvalue weighted by Gasteiger charge is 1.99. The van der Waals surface area contributed by atoms with Gasteiger partial charge in [0.05, 0.1) is 24.1 Å². The summed E-state index contributed by atoms with van der Waals surface area (Å²) in [5, 5.41) is 6.55. The maximum atomic E-state index is 4.66. The van der Waals surface area contributed by atoms with E-state index >= 15 is 0 Å². The normalized spacial score (nSPS) is 12.1. The minimum atomic E-state index is 0.653. The number of rotatable bonds is 4. The summed E-state index contributed by atoms with van der Waals surface area (Å²) < 4.78 is 1.85. The summed E-state index contributed by atoms with van der Waals surface area (Å²) >= 11 is 1.59. The highest BCUT2D eigenvalue weighted by molar-refractivity contribution is 7.07. The monoisotopic (exact) mass is 308 g/mol. The molecule has 5 heteroatoms. The van der Waals surface area contributed by atoms with Gasteiger partial charge in [0, 0.05) is 11.6 Å². The second-order valence-electron chi connectivity index (χ2n) is 4.77. The predicted octanol–water partition coefficient (Wildman–Crippen LogP) is 3.24. The van der Waals surface area contributed by atoms with Crippen LogP contribution in [0.1, 0.15) is 17.0 Å². The topological polar surface area (TPSA) is 42.5 Å². The number of benzene rings is 1. The zero-order chi connectivity index (χ0) is 15.2. The molecule has 0 radical (unpaired) electrons. The van der Waals surface area contributed by atoms with Gasteiger partial charge in [0.1, 0.15) is 0 Å². The van der Waals surface area contributed by atoms with E-state index in [1.54, 1.807) is 23.7 Å². The molecule has 2 heterocycles. The SMILES string of the molecule is Cc1csc(=NCc2ccccc2)n1N=Cc1ccccn1. The van der Waals surface area contributed by atoms with Crippen molar-refractivity contribution in [3.63, 3.8) is 0 Å². The Balaban J connectivity index is 1.86. The number of hydrogen-bond donors (Lipinski definition) is 0. The second kappa shape index (κ2) is 6.95. The van der Waals surface area contributed by atoms with Gasteiger partial charge in [0.25, 0.3) is 0 Å². The van der Waals surface area contributed by atoms with Crippen LogP contribution in [-0.4, -0.2) is 15.9 Å². The van der Waals surface area contributed by atoms with Crippen molar-refractivity contribution in [1.82, 2.24) is 9.66 Å². The Morgan fingerprint density at radius 1 is 1.14 bits per heavy atom. The molecule has 3 rings (SSSR count). The number of nitrogens with zero attached hydrogens (tertiary/aromatic N) is 4. The van der Waals surface area contributed by atoms with Gasteiger partial charge in [-0.3, -0.25) is 9.98 Å². The lowest BCUT2D eigenvalue weighted by Crippen LogP contribution is -2.12. The van der Waals surface area contributed by atoms with E-state index in [0.717, 1.165) is 16.2 Å². The second-order valence-corrected chi connectivity index (χ2v) is 5.61. The average Bonchev–Trinajstić information content (AvgIpc) is 2.93.